The molecular weight excluding hydrogens is 318 g/mol. The lowest BCUT2D eigenvalue weighted by molar-refractivity contribution is -0.384. The second-order valence-corrected chi connectivity index (χ2v) is 6.13. The van der Waals surface area contributed by atoms with E-state index in [0.717, 1.165) is 12.8 Å². The number of anilines is 1. The Bertz CT molecular complexity index is 730. The number of hydrogen-bond acceptors (Lipinski definition) is 4. The maximum atomic E-state index is 12.0. The lowest BCUT2D eigenvalue weighted by Crippen LogP contribution is -2.30. The maximum absolute atomic E-state index is 12.0. The molecule has 132 valence electrons. The van der Waals surface area contributed by atoms with Gasteiger partial charge >= 0.3 is 0 Å². The summed E-state index contributed by atoms with van der Waals surface area (Å²) < 4.78 is 0. The molecule has 0 aliphatic heterocycles. The standard InChI is InChI=1S/C19H23N3O3/c1-14(2)21-19(23)16-10-11-17(18(13-16)22(24)25)20-12-6-9-15-7-4-3-5-8-15/h3-5,7-8,10-11,13-14,20H,6,9,12H2,1-2H3,(H,21,23). The van der Waals surface area contributed by atoms with Gasteiger partial charge in [0.1, 0.15) is 5.69 Å². The van der Waals surface area contributed by atoms with E-state index in [1.54, 1.807) is 12.1 Å². The molecule has 0 radical (unpaired) electrons. The van der Waals surface area contributed by atoms with Crippen molar-refractivity contribution >= 4 is 17.3 Å². The molecule has 0 aromatic heterocycles. The first-order chi connectivity index (χ1) is 12.0. The average Bonchev–Trinajstić information content (AvgIpc) is 2.59. The van der Waals surface area contributed by atoms with Gasteiger partial charge in [0.2, 0.25) is 0 Å². The highest BCUT2D eigenvalue weighted by atomic mass is 16.6. The van der Waals surface area contributed by atoms with E-state index in [9.17, 15) is 14.9 Å². The molecule has 2 aromatic carbocycles. The predicted octanol–water partition coefficient (Wildman–Crippen LogP) is 3.78. The van der Waals surface area contributed by atoms with E-state index in [0.29, 0.717) is 12.2 Å². The number of carbonyl (C=O) groups excluding carboxylic acids is 1. The summed E-state index contributed by atoms with van der Waals surface area (Å²) >= 11 is 0. The van der Waals surface area contributed by atoms with Gasteiger partial charge in [-0.3, -0.25) is 14.9 Å². The summed E-state index contributed by atoms with van der Waals surface area (Å²) in [5, 5.41) is 17.1. The van der Waals surface area contributed by atoms with Gasteiger partial charge in [0.05, 0.1) is 4.92 Å². The van der Waals surface area contributed by atoms with E-state index >= 15 is 0 Å². The van der Waals surface area contributed by atoms with E-state index in [1.165, 1.54) is 11.6 Å². The normalized spacial score (nSPS) is 10.5. The van der Waals surface area contributed by atoms with Crippen LogP contribution < -0.4 is 10.6 Å². The van der Waals surface area contributed by atoms with Gasteiger partial charge in [-0.05, 0) is 44.4 Å². The van der Waals surface area contributed by atoms with E-state index in [1.807, 2.05) is 32.0 Å². The first-order valence-electron chi connectivity index (χ1n) is 8.34. The molecule has 2 N–H and O–H groups in total. The first-order valence-corrected chi connectivity index (χ1v) is 8.34. The van der Waals surface area contributed by atoms with Gasteiger partial charge < -0.3 is 10.6 Å². The topological polar surface area (TPSA) is 84.3 Å². The Morgan fingerprint density at radius 3 is 2.52 bits per heavy atom. The number of rotatable bonds is 8. The van der Waals surface area contributed by atoms with Crippen LogP contribution in [0.15, 0.2) is 48.5 Å². The quantitative estimate of drug-likeness (QED) is 0.435. The molecule has 0 aliphatic carbocycles. The number of nitro groups is 1. The van der Waals surface area contributed by atoms with Crippen LogP contribution in [0.5, 0.6) is 0 Å². The monoisotopic (exact) mass is 341 g/mol. The summed E-state index contributed by atoms with van der Waals surface area (Å²) in [6.07, 6.45) is 1.76. The van der Waals surface area contributed by atoms with Crippen LogP contribution in [0.1, 0.15) is 36.2 Å². The van der Waals surface area contributed by atoms with Crippen LogP contribution in [0, 0.1) is 10.1 Å². The van der Waals surface area contributed by atoms with Crippen molar-refractivity contribution in [2.24, 2.45) is 0 Å². The van der Waals surface area contributed by atoms with Gasteiger partial charge in [-0.2, -0.15) is 0 Å². The average molecular weight is 341 g/mol. The van der Waals surface area contributed by atoms with Gasteiger partial charge in [0.15, 0.2) is 0 Å². The molecule has 6 heteroatoms. The Balaban J connectivity index is 1.99. The lowest BCUT2D eigenvalue weighted by Gasteiger charge is -2.11. The zero-order valence-corrected chi connectivity index (χ0v) is 14.5. The molecule has 6 nitrogen and oxygen atoms in total. The zero-order valence-electron chi connectivity index (χ0n) is 14.5. The second kappa shape index (κ2) is 8.82. The summed E-state index contributed by atoms with van der Waals surface area (Å²) in [4.78, 5) is 22.8. The Morgan fingerprint density at radius 1 is 1.16 bits per heavy atom. The fourth-order valence-corrected chi connectivity index (χ4v) is 2.48. The Kier molecular flexibility index (Phi) is 6.51. The molecule has 0 unspecified atom stereocenters. The number of amides is 1. The highest BCUT2D eigenvalue weighted by Gasteiger charge is 2.17. The van der Waals surface area contributed by atoms with E-state index in [-0.39, 0.29) is 23.2 Å². The van der Waals surface area contributed by atoms with Crippen molar-refractivity contribution in [1.82, 2.24) is 5.32 Å². The molecule has 2 rings (SSSR count). The van der Waals surface area contributed by atoms with Crippen LogP contribution >= 0.6 is 0 Å². The van der Waals surface area contributed by atoms with Crippen molar-refractivity contribution in [3.8, 4) is 0 Å². The molecule has 25 heavy (non-hydrogen) atoms. The van der Waals surface area contributed by atoms with Gasteiger partial charge in [-0.1, -0.05) is 30.3 Å². The maximum Gasteiger partial charge on any atom is 0.293 e. The molecule has 0 atom stereocenters. The summed E-state index contributed by atoms with van der Waals surface area (Å²) in [5.41, 5.74) is 1.87. The summed E-state index contributed by atoms with van der Waals surface area (Å²) in [6.45, 7) is 4.30. The molecule has 0 heterocycles. The minimum atomic E-state index is -0.467. The van der Waals surface area contributed by atoms with Gasteiger partial charge in [0, 0.05) is 24.2 Å². The van der Waals surface area contributed by atoms with Gasteiger partial charge in [-0.15, -0.1) is 0 Å². The molecule has 0 fully saturated rings. The fraction of sp³-hybridized carbons (Fsp3) is 0.316. The van der Waals surface area contributed by atoms with Gasteiger partial charge in [0.25, 0.3) is 11.6 Å². The molecule has 2 aromatic rings. The number of hydrogen-bond donors (Lipinski definition) is 2. The van der Waals surface area contributed by atoms with E-state index in [4.69, 9.17) is 0 Å². The molecule has 0 bridgehead atoms. The lowest BCUT2D eigenvalue weighted by atomic mass is 10.1. The van der Waals surface area contributed by atoms with Crippen LogP contribution in [-0.2, 0) is 6.42 Å². The number of nitrogens with zero attached hydrogens (tertiary/aromatic N) is 1. The van der Waals surface area contributed by atoms with E-state index in [2.05, 4.69) is 22.8 Å². The Labute approximate surface area is 147 Å². The second-order valence-electron chi connectivity index (χ2n) is 6.13. The minimum absolute atomic E-state index is 0.0256. The van der Waals surface area contributed by atoms with Crippen molar-refractivity contribution < 1.29 is 9.72 Å². The van der Waals surface area contributed by atoms with Crippen molar-refractivity contribution in [2.45, 2.75) is 32.7 Å². The Morgan fingerprint density at radius 2 is 1.88 bits per heavy atom. The number of benzene rings is 2. The number of carbonyl (C=O) groups is 1. The molecule has 0 saturated heterocycles. The predicted molar refractivity (Wildman–Crippen MR) is 99.0 cm³/mol. The summed E-state index contributed by atoms with van der Waals surface area (Å²) in [7, 11) is 0. The fourth-order valence-electron chi connectivity index (χ4n) is 2.48. The van der Waals surface area contributed by atoms with Crippen molar-refractivity contribution in [3.63, 3.8) is 0 Å². The highest BCUT2D eigenvalue weighted by Crippen LogP contribution is 2.25. The van der Waals surface area contributed by atoms with Crippen LogP contribution in [-0.4, -0.2) is 23.4 Å². The van der Waals surface area contributed by atoms with E-state index < -0.39 is 4.92 Å². The zero-order chi connectivity index (χ0) is 18.2. The van der Waals surface area contributed by atoms with Crippen molar-refractivity contribution in [2.75, 3.05) is 11.9 Å². The van der Waals surface area contributed by atoms with Crippen molar-refractivity contribution in [1.29, 1.82) is 0 Å². The van der Waals surface area contributed by atoms with Gasteiger partial charge in [-0.25, -0.2) is 0 Å². The molecule has 1 amide bonds. The Hall–Kier alpha value is -2.89. The third-order valence-corrected chi connectivity index (χ3v) is 3.68. The third-order valence-electron chi connectivity index (χ3n) is 3.68. The largest absolute Gasteiger partial charge is 0.379 e. The highest BCUT2D eigenvalue weighted by molar-refractivity contribution is 5.95. The molecule has 0 aliphatic rings. The number of nitrogens with one attached hydrogen (secondary N) is 2. The van der Waals surface area contributed by atoms with Crippen LogP contribution in [0.4, 0.5) is 11.4 Å². The SMILES string of the molecule is CC(C)NC(=O)c1ccc(NCCCc2ccccc2)c([N+](=O)[O-])c1. The molecular formula is C19H23N3O3. The summed E-state index contributed by atoms with van der Waals surface area (Å²) in [5.74, 6) is -0.311. The molecule has 0 spiro atoms. The van der Waals surface area contributed by atoms with Crippen LogP contribution in [0.2, 0.25) is 0 Å². The van der Waals surface area contributed by atoms with Crippen molar-refractivity contribution in [3.05, 3.63) is 69.8 Å². The minimum Gasteiger partial charge on any atom is -0.379 e. The first kappa shape index (κ1) is 18.4. The van der Waals surface area contributed by atoms with Crippen LogP contribution in [0.25, 0.3) is 0 Å². The summed E-state index contributed by atoms with van der Waals surface area (Å²) in [6, 6.07) is 14.6. The third kappa shape index (κ3) is 5.60. The molecule has 0 saturated carbocycles. The number of aryl methyl sites for hydroxylation is 1. The number of nitro benzene ring substituents is 1. The van der Waals surface area contributed by atoms with Crippen LogP contribution in [0.3, 0.4) is 0 Å². The smallest absolute Gasteiger partial charge is 0.293 e.